The van der Waals surface area contributed by atoms with Gasteiger partial charge in [-0.05, 0) is 75.3 Å². The van der Waals surface area contributed by atoms with E-state index in [2.05, 4.69) is 52.0 Å². The van der Waals surface area contributed by atoms with E-state index in [1.54, 1.807) is 0 Å². The van der Waals surface area contributed by atoms with E-state index < -0.39 is 11.2 Å². The second kappa shape index (κ2) is 16.9. The number of hydrogen-bond donors (Lipinski definition) is 3. The average Bonchev–Trinajstić information content (AvgIpc) is 2.79. The molecule has 0 saturated heterocycles. The zero-order valence-electron chi connectivity index (χ0n) is 23.8. The van der Waals surface area contributed by atoms with Crippen molar-refractivity contribution in [1.82, 2.24) is 0 Å². The van der Waals surface area contributed by atoms with Gasteiger partial charge in [-0.2, -0.15) is 0 Å². The second-order valence-electron chi connectivity index (χ2n) is 11.9. The summed E-state index contributed by atoms with van der Waals surface area (Å²) < 4.78 is 0. The minimum absolute atomic E-state index is 0.00134. The summed E-state index contributed by atoms with van der Waals surface area (Å²) in [6.07, 6.45) is 6.84. The Bertz CT molecular complexity index is 743. The molecule has 1 unspecified atom stereocenters. The third-order valence-corrected chi connectivity index (χ3v) is 6.08. The largest absolute Gasteiger partial charge is 0.396 e. The van der Waals surface area contributed by atoms with Gasteiger partial charge in [0.05, 0.1) is 11.2 Å². The van der Waals surface area contributed by atoms with E-state index in [1.807, 2.05) is 64.1 Å². The molecule has 0 saturated carbocycles. The van der Waals surface area contributed by atoms with Gasteiger partial charge >= 0.3 is 0 Å². The van der Waals surface area contributed by atoms with Gasteiger partial charge in [0.1, 0.15) is 0 Å². The molecule has 3 N–H and O–H groups in total. The lowest BCUT2D eigenvalue weighted by Crippen LogP contribution is -2.23. The van der Waals surface area contributed by atoms with E-state index in [4.69, 9.17) is 5.11 Å². The van der Waals surface area contributed by atoms with Crippen LogP contribution in [0.4, 0.5) is 0 Å². The van der Waals surface area contributed by atoms with Crippen LogP contribution in [-0.2, 0) is 12.8 Å². The van der Waals surface area contributed by atoms with Gasteiger partial charge in [0, 0.05) is 6.61 Å². The summed E-state index contributed by atoms with van der Waals surface area (Å²) in [7, 11) is 0. The smallest absolute Gasteiger partial charge is 0.0620 e. The number of benzene rings is 2. The van der Waals surface area contributed by atoms with Crippen molar-refractivity contribution >= 4 is 0 Å². The van der Waals surface area contributed by atoms with Gasteiger partial charge < -0.3 is 15.3 Å². The zero-order chi connectivity index (χ0) is 27.0. The standard InChI is InChI=1S/C12H18O.C11H16O.C9H20O/c1-3-12(2,13)10-9-11-7-5-4-6-8-11;1-11(2,9-12)8-10-6-4-3-5-7-10;1-8(2)6-5-7-9(3,4)10/h4-8,13H,3,9-10H2,1-2H3;3-7,12H,8-9H2,1-2H3;8,10H,5-7H2,1-4H3. The van der Waals surface area contributed by atoms with Crippen molar-refractivity contribution in [3.8, 4) is 0 Å². The molecular formula is C32H54O3. The molecule has 200 valence electrons. The van der Waals surface area contributed by atoms with Gasteiger partial charge in [-0.3, -0.25) is 0 Å². The maximum Gasteiger partial charge on any atom is 0.0620 e. The maximum atomic E-state index is 9.78. The Labute approximate surface area is 216 Å². The van der Waals surface area contributed by atoms with Crippen molar-refractivity contribution in [1.29, 1.82) is 0 Å². The molecule has 0 bridgehead atoms. The topological polar surface area (TPSA) is 60.7 Å². The van der Waals surface area contributed by atoms with E-state index in [9.17, 15) is 10.2 Å². The van der Waals surface area contributed by atoms with E-state index in [1.165, 1.54) is 17.5 Å². The molecule has 1 atom stereocenters. The van der Waals surface area contributed by atoms with E-state index in [0.29, 0.717) is 0 Å². The predicted molar refractivity (Wildman–Crippen MR) is 152 cm³/mol. The highest BCUT2D eigenvalue weighted by Crippen LogP contribution is 2.20. The fraction of sp³-hybridized carbons (Fsp3) is 0.625. The average molecular weight is 487 g/mol. The Morgan fingerprint density at radius 2 is 1.23 bits per heavy atom. The first-order chi connectivity index (χ1) is 16.2. The van der Waals surface area contributed by atoms with Crippen molar-refractivity contribution in [2.75, 3.05) is 6.61 Å². The number of rotatable bonds is 11. The van der Waals surface area contributed by atoms with Gasteiger partial charge in [0.25, 0.3) is 0 Å². The first-order valence-corrected chi connectivity index (χ1v) is 13.3. The molecule has 0 aliphatic heterocycles. The molecule has 0 heterocycles. The minimum atomic E-state index is -0.504. The third-order valence-electron chi connectivity index (χ3n) is 6.08. The van der Waals surface area contributed by atoms with Crippen LogP contribution in [0.25, 0.3) is 0 Å². The molecular weight excluding hydrogens is 432 g/mol. The van der Waals surface area contributed by atoms with Gasteiger partial charge in [0.15, 0.2) is 0 Å². The van der Waals surface area contributed by atoms with Crippen LogP contribution < -0.4 is 0 Å². The molecule has 35 heavy (non-hydrogen) atoms. The summed E-state index contributed by atoms with van der Waals surface area (Å²) in [6.45, 7) is 16.5. The highest BCUT2D eigenvalue weighted by atomic mass is 16.3. The Kier molecular flexibility index (Phi) is 16.1. The van der Waals surface area contributed by atoms with Crippen LogP contribution >= 0.6 is 0 Å². The lowest BCUT2D eigenvalue weighted by atomic mass is 9.87. The summed E-state index contributed by atoms with van der Waals surface area (Å²) >= 11 is 0. The van der Waals surface area contributed by atoms with E-state index in [-0.39, 0.29) is 12.0 Å². The molecule has 3 heteroatoms. The molecule has 0 aliphatic rings. The molecule has 0 fully saturated rings. The van der Waals surface area contributed by atoms with Crippen LogP contribution in [0.2, 0.25) is 0 Å². The quantitative estimate of drug-likeness (QED) is 0.306. The Hall–Kier alpha value is -1.68. The molecule has 2 aromatic rings. The van der Waals surface area contributed by atoms with Crippen LogP contribution in [0.15, 0.2) is 60.7 Å². The van der Waals surface area contributed by atoms with E-state index >= 15 is 0 Å². The SMILES string of the molecule is CC(C)(CO)Cc1ccccc1.CC(C)CCCC(C)(C)O.CCC(C)(O)CCc1ccccc1. The lowest BCUT2D eigenvalue weighted by molar-refractivity contribution is 0.0473. The number of aliphatic hydroxyl groups is 3. The number of hydrogen-bond acceptors (Lipinski definition) is 3. The van der Waals surface area contributed by atoms with Crippen molar-refractivity contribution in [3.05, 3.63) is 71.8 Å². The summed E-state index contributed by atoms with van der Waals surface area (Å²) in [5.74, 6) is 0.766. The Balaban J connectivity index is 0.000000501. The summed E-state index contributed by atoms with van der Waals surface area (Å²) in [5.41, 5.74) is 1.62. The number of aryl methyl sites for hydroxylation is 1. The molecule has 0 radical (unpaired) electrons. The normalized spacial score (nSPS) is 13.3. The minimum Gasteiger partial charge on any atom is -0.396 e. The molecule has 0 amide bonds. The van der Waals surface area contributed by atoms with Crippen LogP contribution in [0.1, 0.15) is 98.6 Å². The summed E-state index contributed by atoms with van der Waals surface area (Å²) in [6, 6.07) is 20.6. The zero-order valence-corrected chi connectivity index (χ0v) is 23.8. The van der Waals surface area contributed by atoms with Gasteiger partial charge in [0.2, 0.25) is 0 Å². The molecule has 0 aliphatic carbocycles. The molecule has 3 nitrogen and oxygen atoms in total. The van der Waals surface area contributed by atoms with Gasteiger partial charge in [-0.15, -0.1) is 0 Å². The van der Waals surface area contributed by atoms with Crippen molar-refractivity contribution in [2.45, 2.75) is 112 Å². The van der Waals surface area contributed by atoms with Gasteiger partial charge in [-0.25, -0.2) is 0 Å². The summed E-state index contributed by atoms with van der Waals surface area (Å²) in [4.78, 5) is 0. The Morgan fingerprint density at radius 1 is 0.743 bits per heavy atom. The second-order valence-corrected chi connectivity index (χ2v) is 11.9. The maximum absolute atomic E-state index is 9.78. The van der Waals surface area contributed by atoms with Crippen LogP contribution in [0, 0.1) is 11.3 Å². The lowest BCUT2D eigenvalue weighted by Gasteiger charge is -2.21. The summed E-state index contributed by atoms with van der Waals surface area (Å²) in [5, 5.41) is 28.2. The monoisotopic (exact) mass is 486 g/mol. The first kappa shape index (κ1) is 33.3. The first-order valence-electron chi connectivity index (χ1n) is 13.3. The molecule has 2 rings (SSSR count). The molecule has 0 spiro atoms. The van der Waals surface area contributed by atoms with Crippen molar-refractivity contribution < 1.29 is 15.3 Å². The van der Waals surface area contributed by atoms with Crippen LogP contribution in [0.5, 0.6) is 0 Å². The molecule has 2 aromatic carbocycles. The Morgan fingerprint density at radius 3 is 1.63 bits per heavy atom. The van der Waals surface area contributed by atoms with Crippen LogP contribution in [-0.4, -0.2) is 33.1 Å². The highest BCUT2D eigenvalue weighted by Gasteiger charge is 2.17. The highest BCUT2D eigenvalue weighted by molar-refractivity contribution is 5.16. The third kappa shape index (κ3) is 20.2. The fourth-order valence-corrected chi connectivity index (χ4v) is 3.38. The predicted octanol–water partition coefficient (Wildman–Crippen LogP) is 7.61. The van der Waals surface area contributed by atoms with Crippen molar-refractivity contribution in [2.24, 2.45) is 11.3 Å². The number of aliphatic hydroxyl groups excluding tert-OH is 1. The van der Waals surface area contributed by atoms with E-state index in [0.717, 1.165) is 44.4 Å². The van der Waals surface area contributed by atoms with Crippen molar-refractivity contribution in [3.63, 3.8) is 0 Å². The van der Waals surface area contributed by atoms with Crippen LogP contribution in [0.3, 0.4) is 0 Å². The fourth-order valence-electron chi connectivity index (χ4n) is 3.38. The molecule has 0 aromatic heterocycles. The van der Waals surface area contributed by atoms with Gasteiger partial charge in [-0.1, -0.05) is 108 Å².